The highest BCUT2D eigenvalue weighted by molar-refractivity contribution is 5.79. The number of likely N-dealkylation sites (tertiary alicyclic amines) is 1. The molecule has 4 atom stereocenters. The van der Waals surface area contributed by atoms with E-state index in [1.165, 1.54) is 6.42 Å². The fourth-order valence-corrected chi connectivity index (χ4v) is 3.49. The molecule has 1 heterocycles. The molecule has 1 aliphatic heterocycles. The van der Waals surface area contributed by atoms with E-state index in [2.05, 4.69) is 24.1 Å². The lowest BCUT2D eigenvalue weighted by molar-refractivity contribution is -0.144. The van der Waals surface area contributed by atoms with Crippen LogP contribution in [0.2, 0.25) is 0 Å². The maximum atomic E-state index is 11.4. The first-order valence-electron chi connectivity index (χ1n) is 7.15. The highest BCUT2D eigenvalue weighted by Gasteiger charge is 2.46. The first kappa shape index (κ1) is 13.8. The van der Waals surface area contributed by atoms with Gasteiger partial charge in [-0.2, -0.15) is 0 Å². The number of rotatable bonds is 3. The largest absolute Gasteiger partial charge is 0.480 e. The third-order valence-electron chi connectivity index (χ3n) is 5.26. The first-order valence-corrected chi connectivity index (χ1v) is 7.15. The molecule has 18 heavy (non-hydrogen) atoms. The van der Waals surface area contributed by atoms with Gasteiger partial charge in [-0.05, 0) is 51.1 Å². The molecule has 0 radical (unpaired) electrons. The smallest absolute Gasteiger partial charge is 0.323 e. The van der Waals surface area contributed by atoms with Gasteiger partial charge in [-0.3, -0.25) is 4.79 Å². The molecule has 2 fully saturated rings. The molecule has 4 nitrogen and oxygen atoms in total. The third kappa shape index (κ3) is 2.41. The summed E-state index contributed by atoms with van der Waals surface area (Å²) in [5.41, 5.74) is -0.684. The van der Waals surface area contributed by atoms with Crippen molar-refractivity contribution in [3.05, 3.63) is 0 Å². The van der Waals surface area contributed by atoms with Gasteiger partial charge >= 0.3 is 5.97 Å². The molecular weight excluding hydrogens is 228 g/mol. The quantitative estimate of drug-likeness (QED) is 0.802. The molecule has 0 aromatic carbocycles. The van der Waals surface area contributed by atoms with Gasteiger partial charge in [-0.15, -0.1) is 0 Å². The molecule has 4 unspecified atom stereocenters. The van der Waals surface area contributed by atoms with Gasteiger partial charge in [-0.1, -0.05) is 13.8 Å². The van der Waals surface area contributed by atoms with Crippen LogP contribution in [0.1, 0.15) is 39.5 Å². The second-order valence-electron chi connectivity index (χ2n) is 6.27. The van der Waals surface area contributed by atoms with Gasteiger partial charge in [0.25, 0.3) is 0 Å². The van der Waals surface area contributed by atoms with Gasteiger partial charge in [0.15, 0.2) is 0 Å². The Labute approximate surface area is 110 Å². The summed E-state index contributed by atoms with van der Waals surface area (Å²) < 4.78 is 0. The Bertz CT molecular complexity index is 321. The summed E-state index contributed by atoms with van der Waals surface area (Å²) in [5.74, 6) is 0.843. The van der Waals surface area contributed by atoms with Crippen molar-refractivity contribution < 1.29 is 9.90 Å². The molecule has 0 amide bonds. The van der Waals surface area contributed by atoms with E-state index in [-0.39, 0.29) is 0 Å². The van der Waals surface area contributed by atoms with Crippen LogP contribution in [0.4, 0.5) is 0 Å². The Morgan fingerprint density at radius 2 is 2.06 bits per heavy atom. The number of carboxylic acid groups (broad SMARTS) is 1. The van der Waals surface area contributed by atoms with E-state index in [9.17, 15) is 9.90 Å². The molecule has 2 rings (SSSR count). The Balaban J connectivity index is 1.98. The Hall–Kier alpha value is -0.610. The monoisotopic (exact) mass is 254 g/mol. The van der Waals surface area contributed by atoms with Crippen molar-refractivity contribution >= 4 is 5.97 Å². The Kier molecular flexibility index (Phi) is 3.97. The molecule has 2 N–H and O–H groups in total. The number of carboxylic acids is 1. The molecule has 1 aliphatic carbocycles. The Morgan fingerprint density at radius 1 is 1.33 bits per heavy atom. The SMILES string of the molecule is CNC1(C(=O)O)CCC(N2CCC(C)C(C)C2)C1. The number of piperidine rings is 1. The van der Waals surface area contributed by atoms with Crippen molar-refractivity contribution in [1.82, 2.24) is 10.2 Å². The fraction of sp³-hybridized carbons (Fsp3) is 0.929. The van der Waals surface area contributed by atoms with Gasteiger partial charge in [0.05, 0.1) is 0 Å². The van der Waals surface area contributed by atoms with Crippen molar-refractivity contribution in [2.24, 2.45) is 11.8 Å². The highest BCUT2D eigenvalue weighted by atomic mass is 16.4. The van der Waals surface area contributed by atoms with E-state index in [1.807, 2.05) is 0 Å². The summed E-state index contributed by atoms with van der Waals surface area (Å²) in [6, 6.07) is 0.448. The number of nitrogens with zero attached hydrogens (tertiary/aromatic N) is 1. The van der Waals surface area contributed by atoms with Crippen LogP contribution in [0.25, 0.3) is 0 Å². The first-order chi connectivity index (χ1) is 8.48. The van der Waals surface area contributed by atoms with Crippen LogP contribution < -0.4 is 5.32 Å². The topological polar surface area (TPSA) is 52.6 Å². The lowest BCUT2D eigenvalue weighted by Gasteiger charge is -2.39. The van der Waals surface area contributed by atoms with Crippen LogP contribution in [0.15, 0.2) is 0 Å². The maximum absolute atomic E-state index is 11.4. The lowest BCUT2D eigenvalue weighted by Crippen LogP contribution is -2.50. The summed E-state index contributed by atoms with van der Waals surface area (Å²) in [5, 5.41) is 12.4. The fourth-order valence-electron chi connectivity index (χ4n) is 3.49. The summed E-state index contributed by atoms with van der Waals surface area (Å²) in [6.45, 7) is 6.90. The average Bonchev–Trinajstić information content (AvgIpc) is 2.78. The van der Waals surface area contributed by atoms with E-state index in [0.717, 1.165) is 44.2 Å². The summed E-state index contributed by atoms with van der Waals surface area (Å²) in [7, 11) is 1.78. The van der Waals surface area contributed by atoms with Crippen LogP contribution in [0, 0.1) is 11.8 Å². The zero-order chi connectivity index (χ0) is 13.3. The van der Waals surface area contributed by atoms with Gasteiger partial charge in [0, 0.05) is 12.6 Å². The predicted octanol–water partition coefficient (Wildman–Crippen LogP) is 1.56. The van der Waals surface area contributed by atoms with Gasteiger partial charge in [-0.25, -0.2) is 0 Å². The van der Waals surface area contributed by atoms with Crippen LogP contribution in [-0.4, -0.2) is 47.7 Å². The van der Waals surface area contributed by atoms with E-state index in [1.54, 1.807) is 7.05 Å². The molecule has 1 saturated carbocycles. The minimum Gasteiger partial charge on any atom is -0.480 e. The van der Waals surface area contributed by atoms with Crippen LogP contribution in [-0.2, 0) is 4.79 Å². The van der Waals surface area contributed by atoms with E-state index < -0.39 is 11.5 Å². The molecule has 0 aromatic heterocycles. The van der Waals surface area contributed by atoms with Crippen molar-refractivity contribution in [1.29, 1.82) is 0 Å². The molecule has 104 valence electrons. The minimum atomic E-state index is -0.689. The summed E-state index contributed by atoms with van der Waals surface area (Å²) >= 11 is 0. The number of hydrogen-bond donors (Lipinski definition) is 2. The molecule has 4 heteroatoms. The molecule has 1 saturated heterocycles. The molecular formula is C14H26N2O2. The molecule has 0 bridgehead atoms. The number of carbonyl (C=O) groups is 1. The van der Waals surface area contributed by atoms with Gasteiger partial charge < -0.3 is 15.3 Å². The van der Waals surface area contributed by atoms with Crippen molar-refractivity contribution in [3.8, 4) is 0 Å². The lowest BCUT2D eigenvalue weighted by atomic mass is 9.87. The highest BCUT2D eigenvalue weighted by Crippen LogP contribution is 2.35. The Morgan fingerprint density at radius 3 is 2.56 bits per heavy atom. The predicted molar refractivity (Wildman–Crippen MR) is 71.6 cm³/mol. The van der Waals surface area contributed by atoms with Crippen LogP contribution >= 0.6 is 0 Å². The molecule has 0 aromatic rings. The summed E-state index contributed by atoms with van der Waals surface area (Å²) in [4.78, 5) is 13.9. The van der Waals surface area contributed by atoms with Crippen LogP contribution in [0.5, 0.6) is 0 Å². The molecule has 2 aliphatic rings. The third-order valence-corrected chi connectivity index (χ3v) is 5.26. The number of hydrogen-bond acceptors (Lipinski definition) is 3. The van der Waals surface area contributed by atoms with Crippen molar-refractivity contribution in [2.75, 3.05) is 20.1 Å². The zero-order valence-corrected chi connectivity index (χ0v) is 11.8. The standard InChI is InChI=1S/C14H26N2O2/c1-10-5-7-16(9-11(10)2)12-4-6-14(8-12,15-3)13(17)18/h10-12,15H,4-9H2,1-3H3,(H,17,18). The molecule has 0 spiro atoms. The zero-order valence-electron chi connectivity index (χ0n) is 11.8. The van der Waals surface area contributed by atoms with E-state index >= 15 is 0 Å². The minimum absolute atomic E-state index is 0.448. The van der Waals surface area contributed by atoms with Crippen molar-refractivity contribution in [2.45, 2.75) is 51.1 Å². The van der Waals surface area contributed by atoms with Gasteiger partial charge in [0.2, 0.25) is 0 Å². The van der Waals surface area contributed by atoms with Gasteiger partial charge in [0.1, 0.15) is 5.54 Å². The maximum Gasteiger partial charge on any atom is 0.323 e. The van der Waals surface area contributed by atoms with E-state index in [0.29, 0.717) is 6.04 Å². The average molecular weight is 254 g/mol. The van der Waals surface area contributed by atoms with Crippen molar-refractivity contribution in [3.63, 3.8) is 0 Å². The second-order valence-corrected chi connectivity index (χ2v) is 6.27. The normalized spacial score (nSPS) is 42.1. The number of aliphatic carboxylic acids is 1. The second kappa shape index (κ2) is 5.17. The number of nitrogens with one attached hydrogen (secondary N) is 1. The van der Waals surface area contributed by atoms with Crippen LogP contribution in [0.3, 0.4) is 0 Å². The summed E-state index contributed by atoms with van der Waals surface area (Å²) in [6.07, 6.45) is 3.76. The number of likely N-dealkylation sites (N-methyl/N-ethyl adjacent to an activating group) is 1. The van der Waals surface area contributed by atoms with E-state index in [4.69, 9.17) is 0 Å².